The molecule has 18 heavy (non-hydrogen) atoms. The summed E-state index contributed by atoms with van der Waals surface area (Å²) in [5.74, 6) is -0.955. The molecule has 0 radical (unpaired) electrons. The standard InChI is InChI=1S/C13H17NO4/c1-7-8(2)10(18-4)6-5-9(7)12(15)11(14-3)13(16)17/h5-6,11,14H,1-4H3,(H,16,17). The number of hydrogen-bond acceptors (Lipinski definition) is 4. The van der Waals surface area contributed by atoms with Crippen LogP contribution in [0.1, 0.15) is 21.5 Å². The molecule has 0 amide bonds. The third-order valence-corrected chi connectivity index (χ3v) is 3.02. The summed E-state index contributed by atoms with van der Waals surface area (Å²) < 4.78 is 5.15. The lowest BCUT2D eigenvalue weighted by molar-refractivity contribution is -0.137. The fraction of sp³-hybridized carbons (Fsp3) is 0.385. The molecular formula is C13H17NO4. The van der Waals surface area contributed by atoms with E-state index in [-0.39, 0.29) is 0 Å². The summed E-state index contributed by atoms with van der Waals surface area (Å²) in [4.78, 5) is 23.1. The van der Waals surface area contributed by atoms with E-state index in [0.29, 0.717) is 11.3 Å². The van der Waals surface area contributed by atoms with E-state index in [1.807, 2.05) is 6.92 Å². The van der Waals surface area contributed by atoms with Crippen LogP contribution in [0.5, 0.6) is 5.75 Å². The highest BCUT2D eigenvalue weighted by molar-refractivity contribution is 6.12. The molecule has 1 aromatic rings. The number of rotatable bonds is 5. The van der Waals surface area contributed by atoms with Crippen LogP contribution >= 0.6 is 0 Å². The zero-order valence-corrected chi connectivity index (χ0v) is 10.9. The molecule has 5 heteroatoms. The first-order valence-corrected chi connectivity index (χ1v) is 5.52. The van der Waals surface area contributed by atoms with E-state index in [4.69, 9.17) is 9.84 Å². The molecule has 0 aromatic heterocycles. The minimum atomic E-state index is -1.23. The molecule has 1 unspecified atom stereocenters. The third-order valence-electron chi connectivity index (χ3n) is 3.02. The second-order valence-electron chi connectivity index (χ2n) is 3.99. The molecule has 5 nitrogen and oxygen atoms in total. The van der Waals surface area contributed by atoms with Gasteiger partial charge >= 0.3 is 5.97 Å². The van der Waals surface area contributed by atoms with Crippen LogP contribution in [0.3, 0.4) is 0 Å². The SMILES string of the molecule is CNC(C(=O)O)C(=O)c1ccc(OC)c(C)c1C. The number of hydrogen-bond donors (Lipinski definition) is 2. The molecule has 0 heterocycles. The number of benzene rings is 1. The second-order valence-corrected chi connectivity index (χ2v) is 3.99. The van der Waals surface area contributed by atoms with Gasteiger partial charge in [0.15, 0.2) is 11.8 Å². The van der Waals surface area contributed by atoms with Crippen LogP contribution in [0.15, 0.2) is 12.1 Å². The van der Waals surface area contributed by atoms with Gasteiger partial charge in [-0.25, -0.2) is 0 Å². The Hall–Kier alpha value is -1.88. The Morgan fingerprint density at radius 1 is 1.28 bits per heavy atom. The smallest absolute Gasteiger partial charge is 0.328 e. The third kappa shape index (κ3) is 2.51. The van der Waals surface area contributed by atoms with Gasteiger partial charge in [-0.15, -0.1) is 0 Å². The van der Waals surface area contributed by atoms with Crippen molar-refractivity contribution in [1.29, 1.82) is 0 Å². The van der Waals surface area contributed by atoms with Gasteiger partial charge in [0.1, 0.15) is 5.75 Å². The molecule has 0 fully saturated rings. The van der Waals surface area contributed by atoms with Crippen molar-refractivity contribution in [2.24, 2.45) is 0 Å². The van der Waals surface area contributed by atoms with E-state index < -0.39 is 17.8 Å². The average molecular weight is 251 g/mol. The Kier molecular flexibility index (Phi) is 4.44. The van der Waals surface area contributed by atoms with Crippen molar-refractivity contribution < 1.29 is 19.4 Å². The quantitative estimate of drug-likeness (QED) is 0.607. The van der Waals surface area contributed by atoms with E-state index in [2.05, 4.69) is 5.32 Å². The lowest BCUT2D eigenvalue weighted by Crippen LogP contribution is -2.41. The summed E-state index contributed by atoms with van der Waals surface area (Å²) >= 11 is 0. The number of nitrogens with one attached hydrogen (secondary N) is 1. The molecule has 0 aliphatic carbocycles. The first-order chi connectivity index (χ1) is 8.43. The minimum absolute atomic E-state index is 0.398. The van der Waals surface area contributed by atoms with E-state index in [9.17, 15) is 9.59 Å². The molecule has 0 aliphatic heterocycles. The van der Waals surface area contributed by atoms with Crippen molar-refractivity contribution in [3.05, 3.63) is 28.8 Å². The number of methoxy groups -OCH3 is 1. The number of Topliss-reactive ketones (excluding diaryl/α,β-unsaturated/α-hetero) is 1. The number of ether oxygens (including phenoxy) is 1. The van der Waals surface area contributed by atoms with Crippen LogP contribution < -0.4 is 10.1 Å². The van der Waals surface area contributed by atoms with Crippen molar-refractivity contribution >= 4 is 11.8 Å². The van der Waals surface area contributed by atoms with E-state index >= 15 is 0 Å². The molecule has 2 N–H and O–H groups in total. The number of carbonyl (C=O) groups excluding carboxylic acids is 1. The van der Waals surface area contributed by atoms with Crippen LogP contribution in [-0.2, 0) is 4.79 Å². The maximum atomic E-state index is 12.1. The lowest BCUT2D eigenvalue weighted by Gasteiger charge is -2.15. The van der Waals surface area contributed by atoms with Gasteiger partial charge < -0.3 is 15.2 Å². The van der Waals surface area contributed by atoms with Gasteiger partial charge in [0.2, 0.25) is 0 Å². The van der Waals surface area contributed by atoms with Crippen LogP contribution in [0, 0.1) is 13.8 Å². The van der Waals surface area contributed by atoms with Gasteiger partial charge in [0, 0.05) is 5.56 Å². The van der Waals surface area contributed by atoms with Crippen LogP contribution in [-0.4, -0.2) is 37.1 Å². The van der Waals surface area contributed by atoms with E-state index in [0.717, 1.165) is 11.1 Å². The highest BCUT2D eigenvalue weighted by Crippen LogP contribution is 2.24. The maximum Gasteiger partial charge on any atom is 0.328 e. The van der Waals surface area contributed by atoms with Crippen LogP contribution in [0.25, 0.3) is 0 Å². The monoisotopic (exact) mass is 251 g/mol. The summed E-state index contributed by atoms with van der Waals surface area (Å²) in [6, 6.07) is 2.04. The molecule has 0 saturated heterocycles. The van der Waals surface area contributed by atoms with Crippen molar-refractivity contribution in [2.45, 2.75) is 19.9 Å². The molecule has 1 atom stereocenters. The topological polar surface area (TPSA) is 75.6 Å². The first-order valence-electron chi connectivity index (χ1n) is 5.52. The minimum Gasteiger partial charge on any atom is -0.496 e. The number of aliphatic carboxylic acids is 1. The Morgan fingerprint density at radius 2 is 1.89 bits per heavy atom. The molecular weight excluding hydrogens is 234 g/mol. The van der Waals surface area contributed by atoms with Gasteiger partial charge in [-0.05, 0) is 44.2 Å². The first kappa shape index (κ1) is 14.2. The van der Waals surface area contributed by atoms with Crippen molar-refractivity contribution in [2.75, 3.05) is 14.2 Å². The molecule has 0 spiro atoms. The van der Waals surface area contributed by atoms with Gasteiger partial charge in [-0.2, -0.15) is 0 Å². The number of carbonyl (C=O) groups is 2. The van der Waals surface area contributed by atoms with Gasteiger partial charge in [-0.3, -0.25) is 9.59 Å². The largest absolute Gasteiger partial charge is 0.496 e. The number of carboxylic acid groups (broad SMARTS) is 1. The zero-order valence-electron chi connectivity index (χ0n) is 10.9. The summed E-state index contributed by atoms with van der Waals surface area (Å²) in [6.45, 7) is 3.61. The van der Waals surface area contributed by atoms with Gasteiger partial charge in [0.05, 0.1) is 7.11 Å². The van der Waals surface area contributed by atoms with Crippen molar-refractivity contribution in [3.8, 4) is 5.75 Å². The van der Waals surface area contributed by atoms with Gasteiger partial charge in [-0.1, -0.05) is 0 Å². The molecule has 0 bridgehead atoms. The Bertz CT molecular complexity index is 482. The van der Waals surface area contributed by atoms with Crippen LogP contribution in [0.2, 0.25) is 0 Å². The second kappa shape index (κ2) is 5.64. The lowest BCUT2D eigenvalue weighted by atomic mass is 9.96. The highest BCUT2D eigenvalue weighted by atomic mass is 16.5. The number of carboxylic acids is 1. The maximum absolute atomic E-state index is 12.1. The molecule has 0 saturated carbocycles. The summed E-state index contributed by atoms with van der Waals surface area (Å²) in [5, 5.41) is 11.5. The summed E-state index contributed by atoms with van der Waals surface area (Å²) in [7, 11) is 3.00. The predicted molar refractivity (Wildman–Crippen MR) is 67.3 cm³/mol. The molecule has 1 aromatic carbocycles. The fourth-order valence-corrected chi connectivity index (χ4v) is 1.81. The Labute approximate surface area is 106 Å². The fourth-order valence-electron chi connectivity index (χ4n) is 1.81. The van der Waals surface area contributed by atoms with E-state index in [1.165, 1.54) is 7.05 Å². The van der Waals surface area contributed by atoms with Gasteiger partial charge in [0.25, 0.3) is 0 Å². The number of likely N-dealkylation sites (N-methyl/N-ethyl adjacent to an activating group) is 1. The summed E-state index contributed by atoms with van der Waals surface area (Å²) in [5.41, 5.74) is 1.97. The average Bonchev–Trinajstić information content (AvgIpc) is 2.32. The molecule has 98 valence electrons. The van der Waals surface area contributed by atoms with Crippen molar-refractivity contribution in [3.63, 3.8) is 0 Å². The highest BCUT2D eigenvalue weighted by Gasteiger charge is 2.27. The van der Waals surface area contributed by atoms with Crippen molar-refractivity contribution in [1.82, 2.24) is 5.32 Å². The zero-order chi connectivity index (χ0) is 13.9. The Balaban J connectivity index is 3.22. The Morgan fingerprint density at radius 3 is 2.33 bits per heavy atom. The summed E-state index contributed by atoms with van der Waals surface area (Å²) in [6.07, 6.45) is 0. The predicted octanol–water partition coefficient (Wildman–Crippen LogP) is 1.17. The van der Waals surface area contributed by atoms with E-state index in [1.54, 1.807) is 26.2 Å². The number of ketones is 1. The van der Waals surface area contributed by atoms with Crippen LogP contribution in [0.4, 0.5) is 0 Å². The molecule has 0 aliphatic rings. The molecule has 1 rings (SSSR count). The normalized spacial score (nSPS) is 12.0.